The van der Waals surface area contributed by atoms with Crippen LogP contribution in [0.5, 0.6) is 0 Å². The molecule has 0 saturated heterocycles. The fourth-order valence-corrected chi connectivity index (χ4v) is 3.33. The van der Waals surface area contributed by atoms with Crippen LogP contribution in [0.2, 0.25) is 5.02 Å². The Balaban J connectivity index is 1.78. The summed E-state index contributed by atoms with van der Waals surface area (Å²) in [5, 5.41) is 17.6. The summed E-state index contributed by atoms with van der Waals surface area (Å²) in [6.07, 6.45) is 0. The molecule has 0 aliphatic rings. The molecule has 0 aliphatic heterocycles. The molecular weight excluding hydrogens is 342 g/mol. The molecular formula is C18H14ClN3OS. The van der Waals surface area contributed by atoms with Gasteiger partial charge in [-0.2, -0.15) is 5.26 Å². The summed E-state index contributed by atoms with van der Waals surface area (Å²) < 4.78 is 5.79. The fourth-order valence-electron chi connectivity index (χ4n) is 2.12. The first kappa shape index (κ1) is 16.6. The van der Waals surface area contributed by atoms with Gasteiger partial charge in [0.05, 0.1) is 21.9 Å². The van der Waals surface area contributed by atoms with Crippen molar-refractivity contribution in [3.63, 3.8) is 0 Å². The number of thioether (sulfide) groups is 1. The summed E-state index contributed by atoms with van der Waals surface area (Å²) in [4.78, 5) is 0.873. The van der Waals surface area contributed by atoms with Crippen LogP contribution in [-0.2, 0) is 0 Å². The normalized spacial score (nSPS) is 11.9. The van der Waals surface area contributed by atoms with Crippen LogP contribution in [0.4, 0.5) is 0 Å². The van der Waals surface area contributed by atoms with Crippen LogP contribution in [0.25, 0.3) is 11.5 Å². The molecule has 120 valence electrons. The molecule has 1 aromatic heterocycles. The van der Waals surface area contributed by atoms with Crippen LogP contribution < -0.4 is 0 Å². The van der Waals surface area contributed by atoms with E-state index in [-0.39, 0.29) is 5.25 Å². The van der Waals surface area contributed by atoms with Crippen LogP contribution in [-0.4, -0.2) is 10.2 Å². The van der Waals surface area contributed by atoms with Crippen LogP contribution in [0.3, 0.4) is 0 Å². The zero-order valence-electron chi connectivity index (χ0n) is 13.2. The highest BCUT2D eigenvalue weighted by atomic mass is 35.5. The molecule has 0 spiro atoms. The lowest BCUT2D eigenvalue weighted by molar-refractivity contribution is 0.509. The maximum atomic E-state index is 8.89. The monoisotopic (exact) mass is 355 g/mol. The van der Waals surface area contributed by atoms with E-state index in [4.69, 9.17) is 21.3 Å². The lowest BCUT2D eigenvalue weighted by Gasteiger charge is -2.08. The van der Waals surface area contributed by atoms with Crippen molar-refractivity contribution in [3.05, 3.63) is 64.5 Å². The first-order valence-corrected chi connectivity index (χ1v) is 8.59. The first-order valence-electron chi connectivity index (χ1n) is 7.33. The Bertz CT molecular complexity index is 899. The minimum atomic E-state index is -0.0536. The molecule has 3 rings (SSSR count). The summed E-state index contributed by atoms with van der Waals surface area (Å²) in [5.41, 5.74) is 2.61. The van der Waals surface area contributed by atoms with E-state index in [1.54, 1.807) is 12.1 Å². The average Bonchev–Trinajstić information content (AvgIpc) is 3.07. The number of aryl methyl sites for hydroxylation is 1. The highest BCUT2D eigenvalue weighted by molar-refractivity contribution is 7.99. The zero-order chi connectivity index (χ0) is 17.1. The van der Waals surface area contributed by atoms with Gasteiger partial charge in [0, 0.05) is 10.5 Å². The number of nitriles is 1. The molecule has 0 amide bonds. The molecule has 0 radical (unpaired) electrons. The second kappa shape index (κ2) is 7.08. The van der Waals surface area contributed by atoms with Gasteiger partial charge in [-0.05, 0) is 44.2 Å². The van der Waals surface area contributed by atoms with Crippen molar-refractivity contribution in [2.75, 3.05) is 0 Å². The van der Waals surface area contributed by atoms with Gasteiger partial charge in [-0.1, -0.05) is 29.3 Å². The quantitative estimate of drug-likeness (QED) is 0.584. The number of aromatic nitrogens is 2. The lowest BCUT2D eigenvalue weighted by atomic mass is 10.1. The largest absolute Gasteiger partial charge is 0.419 e. The molecule has 0 saturated carbocycles. The standard InChI is InChI=1S/C18H14ClN3OS/c1-11-3-6-14(7-4-11)18-22-21-17(23-18)12(2)24-16-8-5-13(10-20)9-15(16)19/h3-9,12H,1-2H3. The van der Waals surface area contributed by atoms with E-state index >= 15 is 0 Å². The molecule has 3 aromatic rings. The van der Waals surface area contributed by atoms with E-state index in [0.717, 1.165) is 10.5 Å². The molecule has 0 aliphatic carbocycles. The Morgan fingerprint density at radius 2 is 1.92 bits per heavy atom. The Hall–Kier alpha value is -2.29. The van der Waals surface area contributed by atoms with Crippen molar-refractivity contribution >= 4 is 23.4 Å². The SMILES string of the molecule is Cc1ccc(-c2nnc(C(C)Sc3ccc(C#N)cc3Cl)o2)cc1. The van der Waals surface area contributed by atoms with Gasteiger partial charge >= 0.3 is 0 Å². The number of rotatable bonds is 4. The maximum absolute atomic E-state index is 8.89. The molecule has 0 fully saturated rings. The third-order valence-corrected chi connectivity index (χ3v) is 5.04. The minimum Gasteiger partial charge on any atom is -0.419 e. The topological polar surface area (TPSA) is 62.7 Å². The van der Waals surface area contributed by atoms with Crippen molar-refractivity contribution in [3.8, 4) is 17.5 Å². The van der Waals surface area contributed by atoms with Gasteiger partial charge in [0.2, 0.25) is 11.8 Å². The molecule has 2 aromatic carbocycles. The van der Waals surface area contributed by atoms with Crippen molar-refractivity contribution in [2.45, 2.75) is 24.0 Å². The summed E-state index contributed by atoms with van der Waals surface area (Å²) in [5.74, 6) is 1.04. The molecule has 1 heterocycles. The van der Waals surface area contributed by atoms with Crippen LogP contribution in [0.15, 0.2) is 51.8 Å². The zero-order valence-corrected chi connectivity index (χ0v) is 14.7. The molecule has 1 atom stereocenters. The Kier molecular flexibility index (Phi) is 4.89. The average molecular weight is 356 g/mol. The third-order valence-electron chi connectivity index (χ3n) is 3.45. The van der Waals surface area contributed by atoms with E-state index in [0.29, 0.717) is 22.4 Å². The predicted octanol–water partition coefficient (Wildman–Crippen LogP) is 5.42. The van der Waals surface area contributed by atoms with Gasteiger partial charge in [0.15, 0.2) is 0 Å². The van der Waals surface area contributed by atoms with E-state index in [9.17, 15) is 0 Å². The molecule has 6 heteroatoms. The van der Waals surface area contributed by atoms with Gasteiger partial charge in [-0.15, -0.1) is 22.0 Å². The smallest absolute Gasteiger partial charge is 0.247 e. The van der Waals surface area contributed by atoms with E-state index < -0.39 is 0 Å². The predicted molar refractivity (Wildman–Crippen MR) is 94.9 cm³/mol. The van der Waals surface area contributed by atoms with Gasteiger partial charge in [-0.25, -0.2) is 0 Å². The van der Waals surface area contributed by atoms with Crippen LogP contribution in [0, 0.1) is 18.3 Å². The van der Waals surface area contributed by atoms with Crippen LogP contribution >= 0.6 is 23.4 Å². The highest BCUT2D eigenvalue weighted by Gasteiger charge is 2.17. The Morgan fingerprint density at radius 3 is 2.58 bits per heavy atom. The second-order valence-electron chi connectivity index (χ2n) is 5.33. The summed E-state index contributed by atoms with van der Waals surface area (Å²) >= 11 is 7.73. The summed E-state index contributed by atoms with van der Waals surface area (Å²) in [6, 6.07) is 15.2. The first-order chi connectivity index (χ1) is 11.6. The molecule has 1 unspecified atom stereocenters. The van der Waals surface area contributed by atoms with Gasteiger partial charge < -0.3 is 4.42 Å². The number of halogens is 1. The molecule has 0 bridgehead atoms. The van der Waals surface area contributed by atoms with Crippen molar-refractivity contribution in [1.29, 1.82) is 5.26 Å². The van der Waals surface area contributed by atoms with E-state index in [2.05, 4.69) is 16.3 Å². The molecule has 24 heavy (non-hydrogen) atoms. The Morgan fingerprint density at radius 1 is 1.17 bits per heavy atom. The second-order valence-corrected chi connectivity index (χ2v) is 7.12. The molecule has 4 nitrogen and oxygen atoms in total. The van der Waals surface area contributed by atoms with Crippen molar-refractivity contribution < 1.29 is 4.42 Å². The maximum Gasteiger partial charge on any atom is 0.247 e. The summed E-state index contributed by atoms with van der Waals surface area (Å²) in [7, 11) is 0. The van der Waals surface area contributed by atoms with Gasteiger partial charge in [0.1, 0.15) is 0 Å². The minimum absolute atomic E-state index is 0.0536. The highest BCUT2D eigenvalue weighted by Crippen LogP contribution is 2.38. The van der Waals surface area contributed by atoms with Crippen molar-refractivity contribution in [1.82, 2.24) is 10.2 Å². The number of hydrogen-bond donors (Lipinski definition) is 0. The lowest BCUT2D eigenvalue weighted by Crippen LogP contribution is -1.89. The van der Waals surface area contributed by atoms with Gasteiger partial charge in [0.25, 0.3) is 0 Å². The molecule has 0 N–H and O–H groups in total. The third kappa shape index (κ3) is 3.61. The Labute approximate surface area is 149 Å². The van der Waals surface area contributed by atoms with Crippen molar-refractivity contribution in [2.24, 2.45) is 0 Å². The summed E-state index contributed by atoms with van der Waals surface area (Å²) in [6.45, 7) is 4.01. The number of hydrogen-bond acceptors (Lipinski definition) is 5. The fraction of sp³-hybridized carbons (Fsp3) is 0.167. The van der Waals surface area contributed by atoms with Crippen LogP contribution in [0.1, 0.15) is 29.2 Å². The van der Waals surface area contributed by atoms with Gasteiger partial charge in [-0.3, -0.25) is 0 Å². The van der Waals surface area contributed by atoms with E-state index in [1.165, 1.54) is 17.3 Å². The number of benzene rings is 2. The number of nitrogens with zero attached hydrogens (tertiary/aromatic N) is 3. The van der Waals surface area contributed by atoms with E-state index in [1.807, 2.05) is 44.2 Å².